The number of carbonyl (C=O) groups excluding carboxylic acids is 1. The van der Waals surface area contributed by atoms with Crippen molar-refractivity contribution in [3.05, 3.63) is 35.4 Å². The number of aryl methyl sites for hydroxylation is 1. The van der Waals surface area contributed by atoms with Gasteiger partial charge in [0.2, 0.25) is 0 Å². The molecule has 0 aliphatic heterocycles. The second-order valence-electron chi connectivity index (χ2n) is 3.84. The van der Waals surface area contributed by atoms with Gasteiger partial charge >= 0.3 is 0 Å². The van der Waals surface area contributed by atoms with E-state index in [1.807, 2.05) is 19.1 Å². The molecular formula is C13H16BrF2NO. The van der Waals surface area contributed by atoms with Gasteiger partial charge in [-0.25, -0.2) is 8.78 Å². The van der Waals surface area contributed by atoms with E-state index in [0.29, 0.717) is 17.3 Å². The van der Waals surface area contributed by atoms with Gasteiger partial charge in [0.25, 0.3) is 12.3 Å². The van der Waals surface area contributed by atoms with Crippen molar-refractivity contribution in [2.24, 2.45) is 0 Å². The Kier molecular flexibility index (Phi) is 6.25. The predicted octanol–water partition coefficient (Wildman–Crippen LogP) is 3.35. The van der Waals surface area contributed by atoms with Crippen LogP contribution in [-0.2, 0) is 6.42 Å². The SMILES string of the molecule is CCc1ccccc1C(=O)N(CCBr)CC(F)F. The molecule has 1 aromatic carbocycles. The van der Waals surface area contributed by atoms with Gasteiger partial charge in [-0.3, -0.25) is 4.79 Å². The lowest BCUT2D eigenvalue weighted by Gasteiger charge is -2.22. The molecule has 0 fully saturated rings. The van der Waals surface area contributed by atoms with Crippen molar-refractivity contribution < 1.29 is 13.6 Å². The Morgan fingerprint density at radius 1 is 1.39 bits per heavy atom. The van der Waals surface area contributed by atoms with Gasteiger partial charge in [-0.1, -0.05) is 41.1 Å². The zero-order valence-electron chi connectivity index (χ0n) is 10.2. The third kappa shape index (κ3) is 4.05. The molecule has 100 valence electrons. The fourth-order valence-corrected chi connectivity index (χ4v) is 2.18. The largest absolute Gasteiger partial charge is 0.332 e. The summed E-state index contributed by atoms with van der Waals surface area (Å²) in [5.74, 6) is -0.327. The first-order chi connectivity index (χ1) is 8.60. The third-order valence-corrected chi connectivity index (χ3v) is 2.98. The quantitative estimate of drug-likeness (QED) is 0.736. The average molecular weight is 320 g/mol. The molecule has 1 amide bonds. The fourth-order valence-electron chi connectivity index (χ4n) is 1.75. The molecule has 1 aromatic rings. The van der Waals surface area contributed by atoms with Gasteiger partial charge < -0.3 is 4.90 Å². The fraction of sp³-hybridized carbons (Fsp3) is 0.462. The maximum Gasteiger partial charge on any atom is 0.255 e. The van der Waals surface area contributed by atoms with Crippen molar-refractivity contribution in [2.45, 2.75) is 19.8 Å². The minimum absolute atomic E-state index is 0.279. The molecule has 18 heavy (non-hydrogen) atoms. The highest BCUT2D eigenvalue weighted by atomic mass is 79.9. The Bertz CT molecular complexity index is 398. The van der Waals surface area contributed by atoms with Crippen LogP contribution in [0.4, 0.5) is 8.78 Å². The molecule has 2 nitrogen and oxygen atoms in total. The second-order valence-corrected chi connectivity index (χ2v) is 4.63. The molecule has 0 spiro atoms. The minimum atomic E-state index is -2.51. The third-order valence-electron chi connectivity index (χ3n) is 2.63. The van der Waals surface area contributed by atoms with Crippen molar-refractivity contribution in [3.8, 4) is 0 Å². The van der Waals surface area contributed by atoms with Gasteiger partial charge in [0, 0.05) is 17.4 Å². The van der Waals surface area contributed by atoms with E-state index < -0.39 is 13.0 Å². The lowest BCUT2D eigenvalue weighted by Crippen LogP contribution is -2.37. The van der Waals surface area contributed by atoms with E-state index in [1.165, 1.54) is 4.90 Å². The molecule has 0 N–H and O–H groups in total. The number of hydrogen-bond donors (Lipinski definition) is 0. The second kappa shape index (κ2) is 7.46. The normalized spacial score (nSPS) is 10.7. The lowest BCUT2D eigenvalue weighted by atomic mass is 10.0. The zero-order valence-corrected chi connectivity index (χ0v) is 11.8. The van der Waals surface area contributed by atoms with Gasteiger partial charge in [0.1, 0.15) is 0 Å². The zero-order chi connectivity index (χ0) is 13.5. The maximum atomic E-state index is 12.5. The van der Waals surface area contributed by atoms with Crippen LogP contribution >= 0.6 is 15.9 Å². The van der Waals surface area contributed by atoms with Crippen molar-refractivity contribution >= 4 is 21.8 Å². The summed E-state index contributed by atoms with van der Waals surface area (Å²) in [6.07, 6.45) is -1.81. The first-order valence-electron chi connectivity index (χ1n) is 5.81. The summed E-state index contributed by atoms with van der Waals surface area (Å²) in [5, 5.41) is 0.486. The van der Waals surface area contributed by atoms with Gasteiger partial charge in [-0.15, -0.1) is 0 Å². The van der Waals surface area contributed by atoms with E-state index in [2.05, 4.69) is 15.9 Å². The van der Waals surface area contributed by atoms with E-state index in [1.54, 1.807) is 12.1 Å². The molecule has 0 radical (unpaired) electrons. The lowest BCUT2D eigenvalue weighted by molar-refractivity contribution is 0.0571. The Hall–Kier alpha value is -0.970. The summed E-state index contributed by atoms with van der Waals surface area (Å²) < 4.78 is 24.9. The molecule has 0 saturated carbocycles. The van der Waals surface area contributed by atoms with Gasteiger partial charge in [-0.2, -0.15) is 0 Å². The van der Waals surface area contributed by atoms with E-state index in [4.69, 9.17) is 0 Å². The number of carbonyl (C=O) groups is 1. The van der Waals surface area contributed by atoms with E-state index in [-0.39, 0.29) is 12.5 Å². The highest BCUT2D eigenvalue weighted by Crippen LogP contribution is 2.14. The molecule has 0 aliphatic rings. The number of rotatable bonds is 6. The van der Waals surface area contributed by atoms with Gasteiger partial charge in [0.15, 0.2) is 0 Å². The standard InChI is InChI=1S/C13H16BrF2NO/c1-2-10-5-3-4-6-11(10)13(18)17(8-7-14)9-12(15)16/h3-6,12H,2,7-9H2,1H3. The Labute approximate surface area is 114 Å². The first-order valence-corrected chi connectivity index (χ1v) is 6.93. The smallest absolute Gasteiger partial charge is 0.255 e. The molecule has 0 atom stereocenters. The van der Waals surface area contributed by atoms with Crippen LogP contribution in [0.25, 0.3) is 0 Å². The van der Waals surface area contributed by atoms with Crippen molar-refractivity contribution in [1.82, 2.24) is 4.90 Å². The van der Waals surface area contributed by atoms with Crippen LogP contribution in [0.5, 0.6) is 0 Å². The van der Waals surface area contributed by atoms with Crippen LogP contribution in [-0.4, -0.2) is 35.7 Å². The van der Waals surface area contributed by atoms with Crippen molar-refractivity contribution in [2.75, 3.05) is 18.4 Å². The molecule has 1 rings (SSSR count). The van der Waals surface area contributed by atoms with Crippen molar-refractivity contribution in [1.29, 1.82) is 0 Å². The molecule has 5 heteroatoms. The molecule has 0 bridgehead atoms. The number of benzene rings is 1. The Morgan fingerprint density at radius 3 is 2.61 bits per heavy atom. The number of alkyl halides is 3. The van der Waals surface area contributed by atoms with E-state index in [0.717, 1.165) is 5.56 Å². The molecule has 0 aliphatic carbocycles. The molecule has 0 aromatic heterocycles. The van der Waals surface area contributed by atoms with Crippen LogP contribution < -0.4 is 0 Å². The average Bonchev–Trinajstić information content (AvgIpc) is 2.37. The predicted molar refractivity (Wildman–Crippen MR) is 71.5 cm³/mol. The summed E-state index contributed by atoms with van der Waals surface area (Å²) in [4.78, 5) is 13.4. The number of amides is 1. The Balaban J connectivity index is 2.94. The Morgan fingerprint density at radius 2 is 2.06 bits per heavy atom. The van der Waals surface area contributed by atoms with E-state index in [9.17, 15) is 13.6 Å². The number of nitrogens with zero attached hydrogens (tertiary/aromatic N) is 1. The topological polar surface area (TPSA) is 20.3 Å². The summed E-state index contributed by atoms with van der Waals surface area (Å²) in [5.41, 5.74) is 1.40. The first kappa shape index (κ1) is 15.1. The molecule has 0 saturated heterocycles. The number of hydrogen-bond acceptors (Lipinski definition) is 1. The minimum Gasteiger partial charge on any atom is -0.332 e. The highest BCUT2D eigenvalue weighted by Gasteiger charge is 2.20. The summed E-state index contributed by atoms with van der Waals surface area (Å²) in [6.45, 7) is 1.69. The van der Waals surface area contributed by atoms with Crippen LogP contribution in [0, 0.1) is 0 Å². The van der Waals surface area contributed by atoms with Crippen LogP contribution in [0.1, 0.15) is 22.8 Å². The highest BCUT2D eigenvalue weighted by molar-refractivity contribution is 9.09. The number of halogens is 3. The molecule has 0 unspecified atom stereocenters. The summed E-state index contributed by atoms with van der Waals surface area (Å²) in [7, 11) is 0. The summed E-state index contributed by atoms with van der Waals surface area (Å²) >= 11 is 3.18. The molecular weight excluding hydrogens is 304 g/mol. The summed E-state index contributed by atoms with van der Waals surface area (Å²) in [6, 6.07) is 7.13. The molecule has 0 heterocycles. The van der Waals surface area contributed by atoms with Gasteiger partial charge in [0.05, 0.1) is 6.54 Å². The van der Waals surface area contributed by atoms with Gasteiger partial charge in [-0.05, 0) is 18.1 Å². The van der Waals surface area contributed by atoms with E-state index >= 15 is 0 Å². The van der Waals surface area contributed by atoms with Crippen molar-refractivity contribution in [3.63, 3.8) is 0 Å². The maximum absolute atomic E-state index is 12.5. The van der Waals surface area contributed by atoms with Crippen LogP contribution in [0.3, 0.4) is 0 Å². The monoisotopic (exact) mass is 319 g/mol. The van der Waals surface area contributed by atoms with Crippen LogP contribution in [0.15, 0.2) is 24.3 Å². The van der Waals surface area contributed by atoms with Crippen LogP contribution in [0.2, 0.25) is 0 Å².